The lowest BCUT2D eigenvalue weighted by molar-refractivity contribution is -0.104. The second-order valence-electron chi connectivity index (χ2n) is 7.32. The van der Waals surface area contributed by atoms with Crippen LogP contribution in [-0.2, 0) is 9.53 Å². The van der Waals surface area contributed by atoms with Gasteiger partial charge in [-0.25, -0.2) is 13.8 Å². The number of rotatable bonds is 8. The molecule has 1 heterocycles. The number of carbonyl (C=O) groups is 1. The Kier molecular flexibility index (Phi) is 8.33. The maximum atomic E-state index is 14.9. The van der Waals surface area contributed by atoms with Crippen LogP contribution >= 0.6 is 0 Å². The standard InChI is InChI=1S/C24H27F2N3O3/c1-18(8-12-30)27-24(9-13-32-21-5-3-4-19(25)16-21)28(2)20-6-7-23(22(26)17-20)29-10-14-31-15-11-29/h3-8,12,16-17H,9-11,13-15H2,1-2H3/b18-8-,27-24?. The van der Waals surface area contributed by atoms with Crippen LogP contribution < -0.4 is 14.5 Å². The molecule has 3 rings (SSSR count). The number of nitrogens with zero attached hydrogens (tertiary/aromatic N) is 3. The smallest absolute Gasteiger partial charge is 0.148 e. The molecule has 0 saturated carbocycles. The summed E-state index contributed by atoms with van der Waals surface area (Å²) in [7, 11) is 1.78. The van der Waals surface area contributed by atoms with Crippen molar-refractivity contribution in [3.63, 3.8) is 0 Å². The number of hydrogen-bond donors (Lipinski definition) is 0. The van der Waals surface area contributed by atoms with Gasteiger partial charge in [0, 0.05) is 44.0 Å². The van der Waals surface area contributed by atoms with Gasteiger partial charge in [0.05, 0.1) is 25.5 Å². The monoisotopic (exact) mass is 443 g/mol. The number of aliphatic imine (C=N–C) groups is 1. The first-order chi connectivity index (χ1) is 15.5. The Labute approximate surface area is 186 Å². The lowest BCUT2D eigenvalue weighted by Crippen LogP contribution is -2.36. The Hall–Kier alpha value is -3.26. The SMILES string of the molecule is C/C(=C/C=O)N=C(CCOc1cccc(F)c1)N(C)c1ccc(N2CCOCC2)c(F)c1. The maximum Gasteiger partial charge on any atom is 0.148 e. The number of benzene rings is 2. The highest BCUT2D eigenvalue weighted by atomic mass is 19.1. The first-order valence-electron chi connectivity index (χ1n) is 10.4. The second-order valence-corrected chi connectivity index (χ2v) is 7.32. The lowest BCUT2D eigenvalue weighted by Gasteiger charge is -2.30. The summed E-state index contributed by atoms with van der Waals surface area (Å²) in [6, 6.07) is 10.9. The minimum Gasteiger partial charge on any atom is -0.493 e. The van der Waals surface area contributed by atoms with Crippen molar-refractivity contribution in [1.82, 2.24) is 0 Å². The zero-order chi connectivity index (χ0) is 22.9. The summed E-state index contributed by atoms with van der Waals surface area (Å²) in [6.07, 6.45) is 2.38. The fourth-order valence-corrected chi connectivity index (χ4v) is 3.37. The fraction of sp³-hybridized carbons (Fsp3) is 0.333. The number of halogens is 2. The van der Waals surface area contributed by atoms with E-state index in [2.05, 4.69) is 4.99 Å². The van der Waals surface area contributed by atoms with Gasteiger partial charge in [0.15, 0.2) is 0 Å². The van der Waals surface area contributed by atoms with Crippen molar-refractivity contribution in [1.29, 1.82) is 0 Å². The average Bonchev–Trinajstić information content (AvgIpc) is 2.78. The summed E-state index contributed by atoms with van der Waals surface area (Å²) < 4.78 is 39.2. The molecule has 1 aliphatic rings. The molecule has 0 bridgehead atoms. The van der Waals surface area contributed by atoms with Crippen molar-refractivity contribution < 1.29 is 23.0 Å². The molecule has 0 aliphatic carbocycles. The highest BCUT2D eigenvalue weighted by Crippen LogP contribution is 2.26. The summed E-state index contributed by atoms with van der Waals surface area (Å²) in [5.74, 6) is 0.282. The molecule has 0 N–H and O–H groups in total. The van der Waals surface area contributed by atoms with Crippen LogP contribution in [0.5, 0.6) is 5.75 Å². The Morgan fingerprint density at radius 3 is 2.69 bits per heavy atom. The van der Waals surface area contributed by atoms with Gasteiger partial charge in [-0.3, -0.25) is 4.79 Å². The van der Waals surface area contributed by atoms with Crippen molar-refractivity contribution in [2.45, 2.75) is 13.3 Å². The first-order valence-corrected chi connectivity index (χ1v) is 10.4. The van der Waals surface area contributed by atoms with E-state index < -0.39 is 0 Å². The van der Waals surface area contributed by atoms with Crippen LogP contribution in [0.1, 0.15) is 13.3 Å². The van der Waals surface area contributed by atoms with Crippen LogP contribution in [-0.4, -0.2) is 52.1 Å². The minimum absolute atomic E-state index is 0.231. The topological polar surface area (TPSA) is 54.4 Å². The second kappa shape index (κ2) is 11.4. The van der Waals surface area contributed by atoms with E-state index in [0.717, 1.165) is 0 Å². The normalized spacial score (nSPS) is 14.9. The van der Waals surface area contributed by atoms with Crippen LogP contribution in [0, 0.1) is 11.6 Å². The number of amidine groups is 1. The molecular weight excluding hydrogens is 416 g/mol. The number of ether oxygens (including phenoxy) is 2. The third-order valence-corrected chi connectivity index (χ3v) is 5.06. The van der Waals surface area contributed by atoms with E-state index in [9.17, 15) is 13.6 Å². The van der Waals surface area contributed by atoms with Crippen molar-refractivity contribution in [2.75, 3.05) is 49.8 Å². The molecular formula is C24H27F2N3O3. The van der Waals surface area contributed by atoms with Gasteiger partial charge in [-0.15, -0.1) is 0 Å². The summed E-state index contributed by atoms with van der Waals surface area (Å²) in [5, 5.41) is 0. The summed E-state index contributed by atoms with van der Waals surface area (Å²) in [4.78, 5) is 19.0. The van der Waals surface area contributed by atoms with Gasteiger partial charge in [0.2, 0.25) is 0 Å². The molecule has 8 heteroatoms. The first kappa shape index (κ1) is 23.4. The van der Waals surface area contributed by atoms with Crippen LogP contribution in [0.15, 0.2) is 59.2 Å². The van der Waals surface area contributed by atoms with Gasteiger partial charge in [0.1, 0.15) is 29.5 Å². The third kappa shape index (κ3) is 6.37. The lowest BCUT2D eigenvalue weighted by atomic mass is 10.2. The quantitative estimate of drug-likeness (QED) is 0.265. The molecule has 1 fully saturated rings. The molecule has 0 spiro atoms. The van der Waals surface area contributed by atoms with Gasteiger partial charge < -0.3 is 19.3 Å². The van der Waals surface area contributed by atoms with Crippen molar-refractivity contribution in [3.05, 3.63) is 65.9 Å². The predicted octanol–water partition coefficient (Wildman–Crippen LogP) is 4.21. The minimum atomic E-state index is -0.380. The molecule has 6 nitrogen and oxygen atoms in total. The van der Waals surface area contributed by atoms with Gasteiger partial charge in [0.25, 0.3) is 0 Å². The van der Waals surface area contributed by atoms with Crippen molar-refractivity contribution in [2.24, 2.45) is 4.99 Å². The fourth-order valence-electron chi connectivity index (χ4n) is 3.37. The molecule has 32 heavy (non-hydrogen) atoms. The summed E-state index contributed by atoms with van der Waals surface area (Å²) >= 11 is 0. The highest BCUT2D eigenvalue weighted by molar-refractivity contribution is 5.98. The Bertz CT molecular complexity index is 988. The summed E-state index contributed by atoms with van der Waals surface area (Å²) in [6.45, 7) is 4.38. The molecule has 0 atom stereocenters. The van der Waals surface area contributed by atoms with Gasteiger partial charge in [-0.2, -0.15) is 0 Å². The molecule has 0 aromatic heterocycles. The average molecular weight is 443 g/mol. The Balaban J connectivity index is 1.76. The van der Waals surface area contributed by atoms with E-state index in [1.165, 1.54) is 24.3 Å². The van der Waals surface area contributed by atoms with Gasteiger partial charge >= 0.3 is 0 Å². The molecule has 2 aromatic carbocycles. The predicted molar refractivity (Wildman–Crippen MR) is 122 cm³/mol. The molecule has 0 unspecified atom stereocenters. The molecule has 1 aliphatic heterocycles. The van der Waals surface area contributed by atoms with Crippen LogP contribution in [0.4, 0.5) is 20.2 Å². The van der Waals surface area contributed by atoms with Crippen molar-refractivity contribution >= 4 is 23.5 Å². The molecule has 1 saturated heterocycles. The van der Waals surface area contributed by atoms with Crippen LogP contribution in [0.2, 0.25) is 0 Å². The number of hydrogen-bond acceptors (Lipinski definition) is 5. The van der Waals surface area contributed by atoms with Gasteiger partial charge in [-0.1, -0.05) is 6.07 Å². The van der Waals surface area contributed by atoms with Crippen molar-refractivity contribution in [3.8, 4) is 5.75 Å². The third-order valence-electron chi connectivity index (χ3n) is 5.06. The summed E-state index contributed by atoms with van der Waals surface area (Å²) in [5.41, 5.74) is 1.66. The number of allylic oxidation sites excluding steroid dienone is 2. The Morgan fingerprint density at radius 2 is 2.00 bits per heavy atom. The molecule has 170 valence electrons. The van der Waals surface area contributed by atoms with Crippen LogP contribution in [0.25, 0.3) is 0 Å². The maximum absolute atomic E-state index is 14.9. The number of morpholine rings is 1. The largest absolute Gasteiger partial charge is 0.493 e. The van der Waals surface area contributed by atoms with E-state index in [-0.39, 0.29) is 18.2 Å². The molecule has 0 amide bonds. The molecule has 0 radical (unpaired) electrons. The number of anilines is 2. The zero-order valence-corrected chi connectivity index (χ0v) is 18.3. The van der Waals surface area contributed by atoms with E-state index in [1.54, 1.807) is 37.1 Å². The van der Waals surface area contributed by atoms with Crippen LogP contribution in [0.3, 0.4) is 0 Å². The number of carbonyl (C=O) groups excluding carboxylic acids is 1. The van der Waals surface area contributed by atoms with E-state index in [0.29, 0.717) is 67.7 Å². The highest BCUT2D eigenvalue weighted by Gasteiger charge is 2.17. The number of aldehydes is 1. The van der Waals surface area contributed by atoms with E-state index in [4.69, 9.17) is 9.47 Å². The zero-order valence-electron chi connectivity index (χ0n) is 18.3. The van der Waals surface area contributed by atoms with E-state index in [1.807, 2.05) is 11.0 Å². The van der Waals surface area contributed by atoms with E-state index >= 15 is 0 Å². The van der Waals surface area contributed by atoms with Gasteiger partial charge in [-0.05, 0) is 43.3 Å². The Morgan fingerprint density at radius 1 is 1.22 bits per heavy atom. The molecule has 2 aromatic rings.